The van der Waals surface area contributed by atoms with Gasteiger partial charge >= 0.3 is 0 Å². The van der Waals surface area contributed by atoms with Crippen molar-refractivity contribution in [2.75, 3.05) is 32.8 Å². The van der Waals surface area contributed by atoms with Crippen molar-refractivity contribution in [3.05, 3.63) is 46.4 Å². The first-order valence-corrected chi connectivity index (χ1v) is 8.20. The highest BCUT2D eigenvalue weighted by Gasteiger charge is 2.28. The number of carbonyl (C=O) groups excluding carboxylic acids is 1. The van der Waals surface area contributed by atoms with Gasteiger partial charge in [-0.05, 0) is 31.4 Å². The van der Waals surface area contributed by atoms with Gasteiger partial charge in [0.15, 0.2) is 0 Å². The SMILES string of the molecule is CC(C)(CNC(=O)c1cc2ccccc2c(=O)[nH]1)N1CCOCC1. The van der Waals surface area contributed by atoms with E-state index in [1.54, 1.807) is 12.1 Å². The lowest BCUT2D eigenvalue weighted by molar-refractivity contribution is -0.00924. The fourth-order valence-corrected chi connectivity index (χ4v) is 3.01. The van der Waals surface area contributed by atoms with Gasteiger partial charge in [-0.15, -0.1) is 0 Å². The Morgan fingerprint density at radius 3 is 2.75 bits per heavy atom. The van der Waals surface area contributed by atoms with Crippen LogP contribution in [0.5, 0.6) is 0 Å². The van der Waals surface area contributed by atoms with Gasteiger partial charge in [-0.25, -0.2) is 0 Å². The number of aromatic amines is 1. The monoisotopic (exact) mass is 329 g/mol. The summed E-state index contributed by atoms with van der Waals surface area (Å²) in [6.45, 7) is 7.85. The molecule has 1 amide bonds. The molecule has 1 aliphatic heterocycles. The van der Waals surface area contributed by atoms with E-state index >= 15 is 0 Å². The number of hydrogen-bond donors (Lipinski definition) is 2. The molecule has 3 rings (SSSR count). The molecular weight excluding hydrogens is 306 g/mol. The molecule has 0 unspecified atom stereocenters. The van der Waals surface area contributed by atoms with Crippen molar-refractivity contribution in [1.29, 1.82) is 0 Å². The molecule has 1 aromatic carbocycles. The first-order chi connectivity index (χ1) is 11.5. The molecule has 2 heterocycles. The molecule has 1 aliphatic rings. The predicted octanol–water partition coefficient (Wildman–Crippen LogP) is 1.37. The summed E-state index contributed by atoms with van der Waals surface area (Å²) in [5.41, 5.74) is -0.126. The summed E-state index contributed by atoms with van der Waals surface area (Å²) >= 11 is 0. The predicted molar refractivity (Wildman–Crippen MR) is 93.4 cm³/mol. The second-order valence-corrected chi connectivity index (χ2v) is 6.69. The number of hydrogen-bond acceptors (Lipinski definition) is 4. The summed E-state index contributed by atoms with van der Waals surface area (Å²) < 4.78 is 5.38. The first kappa shape index (κ1) is 16.7. The van der Waals surface area contributed by atoms with E-state index in [0.717, 1.165) is 31.7 Å². The molecule has 0 bridgehead atoms. The fraction of sp³-hybridized carbons (Fsp3) is 0.444. The second kappa shape index (κ2) is 6.75. The number of rotatable bonds is 4. The molecular formula is C18H23N3O3. The van der Waals surface area contributed by atoms with Crippen LogP contribution in [0.3, 0.4) is 0 Å². The molecule has 6 nitrogen and oxygen atoms in total. The maximum absolute atomic E-state index is 12.4. The average Bonchev–Trinajstić information content (AvgIpc) is 2.60. The van der Waals surface area contributed by atoms with E-state index in [4.69, 9.17) is 4.74 Å². The van der Waals surface area contributed by atoms with Gasteiger partial charge < -0.3 is 15.0 Å². The number of fused-ring (bicyclic) bond motifs is 1. The van der Waals surface area contributed by atoms with Gasteiger partial charge in [-0.3, -0.25) is 14.5 Å². The minimum absolute atomic E-state index is 0.170. The minimum atomic E-state index is -0.265. The Balaban J connectivity index is 1.72. The Morgan fingerprint density at radius 1 is 1.29 bits per heavy atom. The standard InChI is InChI=1S/C18H23N3O3/c1-18(2,21-7-9-24-10-8-21)12-19-17(23)15-11-13-5-3-4-6-14(13)16(22)20-15/h3-6,11H,7-10,12H2,1-2H3,(H,19,23)(H,20,22). The lowest BCUT2D eigenvalue weighted by Gasteiger charge is -2.40. The Hall–Kier alpha value is -2.18. The van der Waals surface area contributed by atoms with E-state index in [1.807, 2.05) is 18.2 Å². The number of nitrogens with zero attached hydrogens (tertiary/aromatic N) is 1. The molecule has 0 saturated carbocycles. The summed E-state index contributed by atoms with van der Waals surface area (Å²) in [6.07, 6.45) is 0. The van der Waals surface area contributed by atoms with Crippen LogP contribution < -0.4 is 10.9 Å². The van der Waals surface area contributed by atoms with Crippen LogP contribution in [0.1, 0.15) is 24.3 Å². The largest absolute Gasteiger partial charge is 0.379 e. The van der Waals surface area contributed by atoms with E-state index < -0.39 is 0 Å². The molecule has 1 saturated heterocycles. The highest BCUT2D eigenvalue weighted by molar-refractivity contribution is 5.96. The number of amides is 1. The molecule has 0 spiro atoms. The van der Waals surface area contributed by atoms with Crippen molar-refractivity contribution in [1.82, 2.24) is 15.2 Å². The Kier molecular flexibility index (Phi) is 4.69. The van der Waals surface area contributed by atoms with Gasteiger partial charge in [-0.2, -0.15) is 0 Å². The third kappa shape index (κ3) is 3.49. The van der Waals surface area contributed by atoms with E-state index in [0.29, 0.717) is 11.9 Å². The third-order valence-corrected chi connectivity index (χ3v) is 4.55. The molecule has 24 heavy (non-hydrogen) atoms. The summed E-state index contributed by atoms with van der Waals surface area (Å²) in [6, 6.07) is 8.96. The van der Waals surface area contributed by atoms with Crippen LogP contribution in [-0.2, 0) is 4.74 Å². The van der Waals surface area contributed by atoms with Crippen LogP contribution in [0, 0.1) is 0 Å². The van der Waals surface area contributed by atoms with E-state index in [2.05, 4.69) is 29.0 Å². The number of H-pyrrole nitrogens is 1. The number of benzene rings is 1. The topological polar surface area (TPSA) is 74.4 Å². The number of carbonyl (C=O) groups is 1. The lowest BCUT2D eigenvalue weighted by Crippen LogP contribution is -2.55. The summed E-state index contributed by atoms with van der Waals surface area (Å²) in [7, 11) is 0. The molecule has 0 aliphatic carbocycles. The van der Waals surface area contributed by atoms with Gasteiger partial charge in [0.2, 0.25) is 0 Å². The van der Waals surface area contributed by atoms with Crippen LogP contribution in [0.15, 0.2) is 35.1 Å². The maximum atomic E-state index is 12.4. The second-order valence-electron chi connectivity index (χ2n) is 6.69. The number of aromatic nitrogens is 1. The van der Waals surface area contributed by atoms with Crippen molar-refractivity contribution in [3.63, 3.8) is 0 Å². The molecule has 0 atom stereocenters. The van der Waals surface area contributed by atoms with Gasteiger partial charge in [0.05, 0.1) is 13.2 Å². The van der Waals surface area contributed by atoms with Crippen LogP contribution in [0.4, 0.5) is 0 Å². The van der Waals surface area contributed by atoms with Gasteiger partial charge in [0, 0.05) is 30.6 Å². The van der Waals surface area contributed by atoms with E-state index in [1.165, 1.54) is 0 Å². The minimum Gasteiger partial charge on any atom is -0.379 e. The van der Waals surface area contributed by atoms with Crippen molar-refractivity contribution in [2.45, 2.75) is 19.4 Å². The maximum Gasteiger partial charge on any atom is 0.267 e. The molecule has 2 N–H and O–H groups in total. The molecule has 2 aromatic rings. The highest BCUT2D eigenvalue weighted by Crippen LogP contribution is 2.15. The number of ether oxygens (including phenoxy) is 1. The summed E-state index contributed by atoms with van der Waals surface area (Å²) in [5, 5.41) is 4.29. The molecule has 1 fully saturated rings. The van der Waals surface area contributed by atoms with Crippen LogP contribution >= 0.6 is 0 Å². The van der Waals surface area contributed by atoms with Crippen molar-refractivity contribution in [3.8, 4) is 0 Å². The Bertz CT molecular complexity index is 791. The molecule has 6 heteroatoms. The van der Waals surface area contributed by atoms with E-state index in [-0.39, 0.29) is 22.7 Å². The zero-order valence-electron chi connectivity index (χ0n) is 14.1. The zero-order valence-corrected chi connectivity index (χ0v) is 14.1. The normalized spacial score (nSPS) is 16.2. The Morgan fingerprint density at radius 2 is 2.00 bits per heavy atom. The summed E-state index contributed by atoms with van der Waals surface area (Å²) in [4.78, 5) is 29.5. The Labute approximate surface area is 140 Å². The van der Waals surface area contributed by atoms with Crippen LogP contribution in [0.25, 0.3) is 10.8 Å². The van der Waals surface area contributed by atoms with E-state index in [9.17, 15) is 9.59 Å². The summed E-state index contributed by atoms with van der Waals surface area (Å²) in [5.74, 6) is -0.265. The number of nitrogens with one attached hydrogen (secondary N) is 2. The zero-order chi connectivity index (χ0) is 17.2. The molecule has 0 radical (unpaired) electrons. The fourth-order valence-electron chi connectivity index (χ4n) is 3.01. The van der Waals surface area contributed by atoms with Crippen molar-refractivity contribution >= 4 is 16.7 Å². The highest BCUT2D eigenvalue weighted by atomic mass is 16.5. The van der Waals surface area contributed by atoms with Crippen molar-refractivity contribution < 1.29 is 9.53 Å². The smallest absolute Gasteiger partial charge is 0.267 e. The van der Waals surface area contributed by atoms with Gasteiger partial charge in [0.25, 0.3) is 11.5 Å². The molecule has 1 aromatic heterocycles. The number of morpholine rings is 1. The quantitative estimate of drug-likeness (QED) is 0.888. The van der Waals surface area contributed by atoms with Crippen molar-refractivity contribution in [2.24, 2.45) is 0 Å². The number of pyridine rings is 1. The van der Waals surface area contributed by atoms with Crippen LogP contribution in [-0.4, -0.2) is 54.2 Å². The van der Waals surface area contributed by atoms with Crippen LogP contribution in [0.2, 0.25) is 0 Å². The molecule has 128 valence electrons. The average molecular weight is 329 g/mol. The van der Waals surface area contributed by atoms with Gasteiger partial charge in [0.1, 0.15) is 5.69 Å². The lowest BCUT2D eigenvalue weighted by atomic mass is 10.0. The first-order valence-electron chi connectivity index (χ1n) is 8.20. The van der Waals surface area contributed by atoms with Gasteiger partial charge in [-0.1, -0.05) is 18.2 Å². The third-order valence-electron chi connectivity index (χ3n) is 4.55.